The molecule has 0 aliphatic heterocycles. The van der Waals surface area contributed by atoms with Crippen molar-refractivity contribution in [2.75, 3.05) is 39.3 Å². The first kappa shape index (κ1) is 26.5. The molecule has 4 amide bonds. The molecule has 0 aliphatic carbocycles. The standard InChI is InChI=1S/C20H44N6O2/c21-13-7-1-3-9-15-23-19(27)25-17-11-5-6-12-18-26-20(28)24-16-10-4-2-8-14-22/h1-18,21-22H2,(H2,23,25,27)(H2,24,26,28). The lowest BCUT2D eigenvalue weighted by Gasteiger charge is -2.08. The largest absolute Gasteiger partial charge is 0.338 e. The molecule has 0 aliphatic rings. The van der Waals surface area contributed by atoms with Crippen LogP contribution in [0.1, 0.15) is 77.0 Å². The first-order valence-corrected chi connectivity index (χ1v) is 11.1. The molecule has 0 aromatic heterocycles. The second-order valence-electron chi connectivity index (χ2n) is 7.19. The minimum atomic E-state index is -0.0832. The van der Waals surface area contributed by atoms with E-state index in [1.165, 1.54) is 0 Å². The molecule has 0 aromatic rings. The van der Waals surface area contributed by atoms with Crippen molar-refractivity contribution in [1.82, 2.24) is 21.3 Å². The van der Waals surface area contributed by atoms with Crippen LogP contribution >= 0.6 is 0 Å². The average Bonchev–Trinajstić information content (AvgIpc) is 2.69. The van der Waals surface area contributed by atoms with Crippen molar-refractivity contribution in [2.24, 2.45) is 11.5 Å². The zero-order chi connectivity index (χ0) is 20.7. The number of carbonyl (C=O) groups excluding carboxylic acids is 2. The molecule has 8 heteroatoms. The maximum absolute atomic E-state index is 11.6. The maximum Gasteiger partial charge on any atom is 0.314 e. The highest BCUT2D eigenvalue weighted by molar-refractivity contribution is 5.74. The SMILES string of the molecule is NCCCCCCNC(=O)NCCCCCCNC(=O)NCCCCCCN. The molecule has 0 bridgehead atoms. The van der Waals surface area contributed by atoms with Crippen LogP contribution in [0, 0.1) is 0 Å². The zero-order valence-corrected chi connectivity index (χ0v) is 17.7. The summed E-state index contributed by atoms with van der Waals surface area (Å²) in [4.78, 5) is 23.2. The molecular weight excluding hydrogens is 356 g/mol. The molecule has 0 radical (unpaired) electrons. The van der Waals surface area contributed by atoms with Gasteiger partial charge in [-0.3, -0.25) is 0 Å². The van der Waals surface area contributed by atoms with Gasteiger partial charge in [0, 0.05) is 26.2 Å². The van der Waals surface area contributed by atoms with E-state index in [0.717, 1.165) is 103 Å². The molecule has 0 saturated carbocycles. The lowest BCUT2D eigenvalue weighted by Crippen LogP contribution is -2.36. The van der Waals surface area contributed by atoms with E-state index in [0.29, 0.717) is 13.1 Å². The van der Waals surface area contributed by atoms with Crippen LogP contribution in [0.2, 0.25) is 0 Å². The molecule has 166 valence electrons. The second kappa shape index (κ2) is 21.8. The Morgan fingerprint density at radius 1 is 0.429 bits per heavy atom. The highest BCUT2D eigenvalue weighted by Crippen LogP contribution is 1.99. The van der Waals surface area contributed by atoms with E-state index >= 15 is 0 Å². The summed E-state index contributed by atoms with van der Waals surface area (Å²) >= 11 is 0. The lowest BCUT2D eigenvalue weighted by atomic mass is 10.2. The highest BCUT2D eigenvalue weighted by atomic mass is 16.2. The van der Waals surface area contributed by atoms with Gasteiger partial charge < -0.3 is 32.7 Å². The Morgan fingerprint density at radius 3 is 0.929 bits per heavy atom. The third-order valence-electron chi connectivity index (χ3n) is 4.51. The molecule has 0 spiro atoms. The van der Waals surface area contributed by atoms with Crippen molar-refractivity contribution in [1.29, 1.82) is 0 Å². The van der Waals surface area contributed by atoms with Gasteiger partial charge in [-0.15, -0.1) is 0 Å². The fourth-order valence-corrected chi connectivity index (χ4v) is 2.78. The van der Waals surface area contributed by atoms with E-state index in [-0.39, 0.29) is 12.1 Å². The maximum atomic E-state index is 11.6. The van der Waals surface area contributed by atoms with Crippen molar-refractivity contribution in [3.05, 3.63) is 0 Å². The fraction of sp³-hybridized carbons (Fsp3) is 0.900. The third kappa shape index (κ3) is 20.8. The van der Waals surface area contributed by atoms with Gasteiger partial charge in [0.05, 0.1) is 0 Å². The van der Waals surface area contributed by atoms with E-state index in [1.54, 1.807) is 0 Å². The number of hydrogen-bond donors (Lipinski definition) is 6. The molecule has 8 nitrogen and oxygen atoms in total. The Morgan fingerprint density at radius 2 is 0.679 bits per heavy atom. The van der Waals surface area contributed by atoms with Crippen molar-refractivity contribution >= 4 is 12.1 Å². The Balaban J connectivity index is 3.25. The number of carbonyl (C=O) groups is 2. The highest BCUT2D eigenvalue weighted by Gasteiger charge is 2.00. The van der Waals surface area contributed by atoms with Crippen LogP contribution in [-0.2, 0) is 0 Å². The molecular formula is C20H44N6O2. The van der Waals surface area contributed by atoms with Crippen LogP contribution in [-0.4, -0.2) is 51.3 Å². The summed E-state index contributed by atoms with van der Waals surface area (Å²) in [5, 5.41) is 11.5. The van der Waals surface area contributed by atoms with E-state index in [9.17, 15) is 9.59 Å². The average molecular weight is 401 g/mol. The molecule has 0 atom stereocenters. The van der Waals surface area contributed by atoms with Crippen LogP contribution in [0.15, 0.2) is 0 Å². The summed E-state index contributed by atoms with van der Waals surface area (Å²) in [6.07, 6.45) is 12.6. The van der Waals surface area contributed by atoms with Crippen LogP contribution < -0.4 is 32.7 Å². The van der Waals surface area contributed by atoms with Gasteiger partial charge in [0.2, 0.25) is 0 Å². The van der Waals surface area contributed by atoms with E-state index < -0.39 is 0 Å². The van der Waals surface area contributed by atoms with Crippen molar-refractivity contribution in [2.45, 2.75) is 77.0 Å². The quantitative estimate of drug-likeness (QED) is 0.185. The molecule has 0 fully saturated rings. The molecule has 0 aromatic carbocycles. The number of unbranched alkanes of at least 4 members (excludes halogenated alkanes) is 9. The van der Waals surface area contributed by atoms with Gasteiger partial charge in [0.25, 0.3) is 0 Å². The molecule has 0 unspecified atom stereocenters. The van der Waals surface area contributed by atoms with Crippen molar-refractivity contribution in [3.63, 3.8) is 0 Å². The lowest BCUT2D eigenvalue weighted by molar-refractivity contribution is 0.239. The third-order valence-corrected chi connectivity index (χ3v) is 4.51. The minimum absolute atomic E-state index is 0.0832. The number of nitrogens with two attached hydrogens (primary N) is 2. The summed E-state index contributed by atoms with van der Waals surface area (Å²) in [5.74, 6) is 0. The smallest absolute Gasteiger partial charge is 0.314 e. The summed E-state index contributed by atoms with van der Waals surface area (Å²) in [7, 11) is 0. The first-order chi connectivity index (χ1) is 13.7. The topological polar surface area (TPSA) is 134 Å². The van der Waals surface area contributed by atoms with Crippen LogP contribution in [0.25, 0.3) is 0 Å². The summed E-state index contributed by atoms with van der Waals surface area (Å²) < 4.78 is 0. The molecule has 8 N–H and O–H groups in total. The molecule has 0 heterocycles. The van der Waals surface area contributed by atoms with Gasteiger partial charge in [0.1, 0.15) is 0 Å². The predicted molar refractivity (Wildman–Crippen MR) is 116 cm³/mol. The Hall–Kier alpha value is -1.54. The van der Waals surface area contributed by atoms with E-state index in [1.807, 2.05) is 0 Å². The Bertz CT molecular complexity index is 335. The van der Waals surface area contributed by atoms with E-state index in [4.69, 9.17) is 11.5 Å². The van der Waals surface area contributed by atoms with Crippen molar-refractivity contribution in [3.8, 4) is 0 Å². The van der Waals surface area contributed by atoms with E-state index in [2.05, 4.69) is 21.3 Å². The number of nitrogens with one attached hydrogen (secondary N) is 4. The summed E-state index contributed by atoms with van der Waals surface area (Å²) in [6, 6.07) is -0.166. The Kier molecular flexibility index (Phi) is 20.6. The number of urea groups is 2. The number of amides is 4. The van der Waals surface area contributed by atoms with Crippen LogP contribution in [0.3, 0.4) is 0 Å². The normalized spacial score (nSPS) is 10.5. The molecule has 0 rings (SSSR count). The van der Waals surface area contributed by atoms with Gasteiger partial charge >= 0.3 is 12.1 Å². The van der Waals surface area contributed by atoms with Crippen molar-refractivity contribution < 1.29 is 9.59 Å². The zero-order valence-electron chi connectivity index (χ0n) is 17.7. The number of hydrogen-bond acceptors (Lipinski definition) is 4. The molecule has 0 saturated heterocycles. The Labute approximate surface area is 171 Å². The summed E-state index contributed by atoms with van der Waals surface area (Å²) in [5.41, 5.74) is 10.9. The van der Waals surface area contributed by atoms with Gasteiger partial charge in [-0.25, -0.2) is 9.59 Å². The van der Waals surface area contributed by atoms with Gasteiger partial charge in [-0.05, 0) is 51.6 Å². The van der Waals surface area contributed by atoms with Gasteiger partial charge in [-0.1, -0.05) is 38.5 Å². The van der Waals surface area contributed by atoms with Crippen LogP contribution in [0.4, 0.5) is 9.59 Å². The molecule has 28 heavy (non-hydrogen) atoms. The van der Waals surface area contributed by atoms with Gasteiger partial charge in [-0.2, -0.15) is 0 Å². The monoisotopic (exact) mass is 400 g/mol. The predicted octanol–water partition coefficient (Wildman–Crippen LogP) is 2.18. The summed E-state index contributed by atoms with van der Waals surface area (Å²) in [6.45, 7) is 4.31. The minimum Gasteiger partial charge on any atom is -0.338 e. The second-order valence-corrected chi connectivity index (χ2v) is 7.19. The van der Waals surface area contributed by atoms with Crippen LogP contribution in [0.5, 0.6) is 0 Å². The number of rotatable bonds is 19. The fourth-order valence-electron chi connectivity index (χ4n) is 2.78. The van der Waals surface area contributed by atoms with Gasteiger partial charge in [0.15, 0.2) is 0 Å². The first-order valence-electron chi connectivity index (χ1n) is 11.1.